The van der Waals surface area contributed by atoms with Crippen molar-refractivity contribution in [1.29, 1.82) is 0 Å². The van der Waals surface area contributed by atoms with E-state index < -0.39 is 34.2 Å². The molecule has 0 radical (unpaired) electrons. The first-order chi connectivity index (χ1) is 17.2. The number of piperidine rings is 1. The number of hydrogen-bond acceptors (Lipinski definition) is 7. The molecule has 0 unspecified atom stereocenters. The first-order valence-corrected chi connectivity index (χ1v) is 13.7. The van der Waals surface area contributed by atoms with Gasteiger partial charge in [0.2, 0.25) is 11.6 Å². The standard InChI is InChI=1S/C24H27F3N4O3S2/c1-3-17(25)5-4-15(2)21-12-16(23(26)27)8-10-31(21)20-9-11-34-22-13-18(6-7-19(20)22)36(32,33)30-24-28-14-29-35-24/h3-7,13-14,16,20-21,23H,2,8-12H2,1H3,(H,28,29,30)/b5-4-,17-3+/t16-,20+,21+/m0/s1. The lowest BCUT2D eigenvalue weighted by molar-refractivity contribution is -0.00172. The van der Waals surface area contributed by atoms with Gasteiger partial charge in [0, 0.05) is 47.6 Å². The number of benzene rings is 1. The Kier molecular flexibility index (Phi) is 8.16. The lowest BCUT2D eigenvalue weighted by Gasteiger charge is -2.45. The van der Waals surface area contributed by atoms with Crippen molar-refractivity contribution in [3.05, 3.63) is 66.3 Å². The van der Waals surface area contributed by atoms with Crippen LogP contribution in [0.4, 0.5) is 18.3 Å². The molecule has 0 spiro atoms. The van der Waals surface area contributed by atoms with Crippen molar-refractivity contribution >= 4 is 26.7 Å². The number of allylic oxidation sites excluding steroid dienone is 3. The number of nitrogens with one attached hydrogen (secondary N) is 1. The fraction of sp³-hybridized carbons (Fsp3) is 0.417. The fourth-order valence-electron chi connectivity index (χ4n) is 4.63. The summed E-state index contributed by atoms with van der Waals surface area (Å²) in [6.45, 7) is 6.37. The lowest BCUT2D eigenvalue weighted by atomic mass is 9.84. The lowest BCUT2D eigenvalue weighted by Crippen LogP contribution is -2.47. The molecule has 2 aliphatic heterocycles. The zero-order valence-corrected chi connectivity index (χ0v) is 21.2. The second-order valence-electron chi connectivity index (χ2n) is 8.66. The Labute approximate surface area is 212 Å². The monoisotopic (exact) mass is 540 g/mol. The minimum absolute atomic E-state index is 0.0132. The number of nitrogens with zero attached hydrogens (tertiary/aromatic N) is 3. The molecule has 3 atom stereocenters. The van der Waals surface area contributed by atoms with E-state index in [-0.39, 0.29) is 22.5 Å². The second-order valence-corrected chi connectivity index (χ2v) is 11.1. The molecule has 7 nitrogen and oxygen atoms in total. The molecule has 0 amide bonds. The van der Waals surface area contributed by atoms with E-state index in [9.17, 15) is 21.6 Å². The van der Waals surface area contributed by atoms with Gasteiger partial charge in [-0.05, 0) is 44.0 Å². The van der Waals surface area contributed by atoms with Gasteiger partial charge in [0.05, 0.1) is 11.5 Å². The Hall–Kier alpha value is -2.70. The van der Waals surface area contributed by atoms with E-state index in [1.807, 2.05) is 0 Å². The molecule has 1 aromatic heterocycles. The largest absolute Gasteiger partial charge is 0.493 e. The Morgan fingerprint density at radius 1 is 1.33 bits per heavy atom. The van der Waals surface area contributed by atoms with E-state index in [0.717, 1.165) is 17.1 Å². The van der Waals surface area contributed by atoms with E-state index in [1.54, 1.807) is 13.0 Å². The van der Waals surface area contributed by atoms with E-state index in [0.29, 0.717) is 37.3 Å². The van der Waals surface area contributed by atoms with Crippen LogP contribution < -0.4 is 9.46 Å². The maximum atomic E-state index is 13.7. The molecule has 12 heteroatoms. The summed E-state index contributed by atoms with van der Waals surface area (Å²) < 4.78 is 78.5. The van der Waals surface area contributed by atoms with Gasteiger partial charge in [-0.15, -0.1) is 0 Å². The SMILES string of the molecule is C=C(/C=C\C(F)=C/C)[C@H]1C[C@@H](C(F)F)CCN1[C@@H]1CCOc2cc(S(=O)(=O)Nc3ncns3)ccc21. The molecule has 1 aromatic carbocycles. The fourth-order valence-corrected chi connectivity index (χ4v) is 6.30. The highest BCUT2D eigenvalue weighted by molar-refractivity contribution is 7.93. The molecule has 4 rings (SSSR count). The summed E-state index contributed by atoms with van der Waals surface area (Å²) in [5.41, 5.74) is 1.32. The van der Waals surface area contributed by atoms with Gasteiger partial charge in [0.1, 0.15) is 17.9 Å². The number of rotatable bonds is 8. The van der Waals surface area contributed by atoms with Crippen molar-refractivity contribution in [2.75, 3.05) is 17.9 Å². The molecule has 2 aromatic rings. The van der Waals surface area contributed by atoms with Crippen LogP contribution in [-0.4, -0.2) is 48.3 Å². The van der Waals surface area contributed by atoms with Gasteiger partial charge in [0.25, 0.3) is 10.0 Å². The van der Waals surface area contributed by atoms with Gasteiger partial charge in [-0.25, -0.2) is 26.6 Å². The first kappa shape index (κ1) is 26.4. The van der Waals surface area contributed by atoms with Crippen molar-refractivity contribution < 1.29 is 26.3 Å². The summed E-state index contributed by atoms with van der Waals surface area (Å²) in [6, 6.07) is 4.03. The molecule has 3 heterocycles. The van der Waals surface area contributed by atoms with Crippen molar-refractivity contribution in [2.45, 2.75) is 49.6 Å². The van der Waals surface area contributed by atoms with Crippen LogP contribution in [0.15, 0.2) is 65.6 Å². The van der Waals surface area contributed by atoms with E-state index in [4.69, 9.17) is 4.74 Å². The highest BCUT2D eigenvalue weighted by Crippen LogP contribution is 2.43. The highest BCUT2D eigenvalue weighted by Gasteiger charge is 2.39. The number of ether oxygens (including phenoxy) is 1. The summed E-state index contributed by atoms with van der Waals surface area (Å²) in [6.07, 6.45) is 4.05. The zero-order valence-electron chi connectivity index (χ0n) is 19.6. The Morgan fingerprint density at radius 3 is 2.83 bits per heavy atom. The summed E-state index contributed by atoms with van der Waals surface area (Å²) >= 11 is 0.921. The van der Waals surface area contributed by atoms with Crippen LogP contribution in [0, 0.1) is 5.92 Å². The first-order valence-electron chi connectivity index (χ1n) is 11.5. The van der Waals surface area contributed by atoms with Crippen LogP contribution in [0.1, 0.15) is 37.8 Å². The number of anilines is 1. The molecule has 0 aliphatic carbocycles. The Balaban J connectivity index is 1.62. The van der Waals surface area contributed by atoms with Crippen molar-refractivity contribution in [3.8, 4) is 5.75 Å². The molecule has 0 saturated carbocycles. The number of fused-ring (bicyclic) bond motifs is 1. The number of halogens is 3. The zero-order chi connectivity index (χ0) is 25.9. The molecular formula is C24H27F3N4O3S2. The van der Waals surface area contributed by atoms with Gasteiger partial charge in [-0.3, -0.25) is 9.62 Å². The van der Waals surface area contributed by atoms with Gasteiger partial charge in [0.15, 0.2) is 0 Å². The van der Waals surface area contributed by atoms with Crippen molar-refractivity contribution in [1.82, 2.24) is 14.3 Å². The van der Waals surface area contributed by atoms with Crippen LogP contribution in [0.3, 0.4) is 0 Å². The summed E-state index contributed by atoms with van der Waals surface area (Å²) in [4.78, 5) is 5.97. The van der Waals surface area contributed by atoms with Gasteiger partial charge < -0.3 is 4.74 Å². The predicted octanol–water partition coefficient (Wildman–Crippen LogP) is 5.49. The number of sulfonamides is 1. The summed E-state index contributed by atoms with van der Waals surface area (Å²) in [7, 11) is -3.90. The molecule has 1 saturated heterocycles. The second kappa shape index (κ2) is 11.1. The third-order valence-corrected chi connectivity index (χ3v) is 8.53. The Bertz CT molecular complexity index is 1250. The van der Waals surface area contributed by atoms with E-state index >= 15 is 0 Å². The smallest absolute Gasteiger partial charge is 0.263 e. The minimum atomic E-state index is -3.90. The van der Waals surface area contributed by atoms with Crippen LogP contribution in [-0.2, 0) is 10.0 Å². The number of alkyl halides is 2. The van der Waals surface area contributed by atoms with Crippen LogP contribution in [0.5, 0.6) is 5.75 Å². The van der Waals surface area contributed by atoms with Crippen LogP contribution in [0.25, 0.3) is 0 Å². The maximum Gasteiger partial charge on any atom is 0.263 e. The average molecular weight is 541 g/mol. The number of likely N-dealkylation sites (tertiary alicyclic amines) is 1. The van der Waals surface area contributed by atoms with E-state index in [1.165, 1.54) is 36.7 Å². The van der Waals surface area contributed by atoms with Crippen LogP contribution in [0.2, 0.25) is 0 Å². The minimum Gasteiger partial charge on any atom is -0.493 e. The van der Waals surface area contributed by atoms with Gasteiger partial charge >= 0.3 is 0 Å². The molecular weight excluding hydrogens is 513 g/mol. The molecule has 194 valence electrons. The predicted molar refractivity (Wildman–Crippen MR) is 132 cm³/mol. The average Bonchev–Trinajstić information content (AvgIpc) is 3.38. The maximum absolute atomic E-state index is 13.7. The number of aromatic nitrogens is 2. The summed E-state index contributed by atoms with van der Waals surface area (Å²) in [5, 5.41) is 0.150. The Morgan fingerprint density at radius 2 is 2.14 bits per heavy atom. The van der Waals surface area contributed by atoms with E-state index in [2.05, 4.69) is 25.6 Å². The normalized spacial score (nSPS) is 23.5. The molecule has 1 fully saturated rings. The quantitative estimate of drug-likeness (QED) is 0.446. The molecule has 2 aliphatic rings. The number of hydrogen-bond donors (Lipinski definition) is 1. The van der Waals surface area contributed by atoms with Crippen molar-refractivity contribution in [2.24, 2.45) is 5.92 Å². The highest BCUT2D eigenvalue weighted by atomic mass is 32.2. The third kappa shape index (κ3) is 5.81. The summed E-state index contributed by atoms with van der Waals surface area (Å²) in [5.74, 6) is -0.792. The molecule has 36 heavy (non-hydrogen) atoms. The molecule has 0 bridgehead atoms. The van der Waals surface area contributed by atoms with Crippen molar-refractivity contribution in [3.63, 3.8) is 0 Å². The third-order valence-electron chi connectivity index (χ3n) is 6.49. The van der Waals surface area contributed by atoms with Crippen LogP contribution >= 0.6 is 11.5 Å². The molecule has 1 N–H and O–H groups in total. The van der Waals surface area contributed by atoms with Gasteiger partial charge in [-0.1, -0.05) is 24.8 Å². The topological polar surface area (TPSA) is 84.4 Å². The van der Waals surface area contributed by atoms with Gasteiger partial charge in [-0.2, -0.15) is 4.37 Å².